The highest BCUT2D eigenvalue weighted by Crippen LogP contribution is 2.29. The first kappa shape index (κ1) is 18.6. The number of amides is 1. The van der Waals surface area contributed by atoms with Crippen LogP contribution in [0.25, 0.3) is 0 Å². The lowest BCUT2D eigenvalue weighted by Crippen LogP contribution is -2.51. The third kappa shape index (κ3) is 4.40. The number of benzene rings is 1. The lowest BCUT2D eigenvalue weighted by molar-refractivity contribution is -0.139. The summed E-state index contributed by atoms with van der Waals surface area (Å²) in [5.41, 5.74) is 0. The number of nitrogens with one attached hydrogen (secondary N) is 1. The summed E-state index contributed by atoms with van der Waals surface area (Å²) >= 11 is 3.40. The molecule has 0 spiro atoms. The highest BCUT2D eigenvalue weighted by molar-refractivity contribution is 9.10. The number of carbonyl (C=O) groups is 1. The average molecular weight is 404 g/mol. The van der Waals surface area contributed by atoms with Gasteiger partial charge in [-0.3, -0.25) is 4.79 Å². The van der Waals surface area contributed by atoms with Crippen LogP contribution in [0.2, 0.25) is 0 Å². The highest BCUT2D eigenvalue weighted by atomic mass is 79.9. The second kappa shape index (κ2) is 7.86. The smallest absolute Gasteiger partial charge is 0.263 e. The molecule has 4 nitrogen and oxygen atoms in total. The van der Waals surface area contributed by atoms with Crippen LogP contribution in [0.4, 0.5) is 0 Å². The molecule has 1 aromatic carbocycles. The summed E-state index contributed by atoms with van der Waals surface area (Å²) in [7, 11) is 1.92. The van der Waals surface area contributed by atoms with E-state index in [0.717, 1.165) is 23.1 Å². The number of hydrogen-bond acceptors (Lipinski definition) is 3. The lowest BCUT2D eigenvalue weighted by atomic mass is 9.98. The molecule has 23 heavy (non-hydrogen) atoms. The monoisotopic (exact) mass is 402 g/mol. The number of hydrogen-bond donors (Lipinski definition) is 1. The van der Waals surface area contributed by atoms with E-state index in [0.29, 0.717) is 18.1 Å². The van der Waals surface area contributed by atoms with E-state index in [-0.39, 0.29) is 18.3 Å². The predicted molar refractivity (Wildman–Crippen MR) is 97.2 cm³/mol. The fourth-order valence-corrected chi connectivity index (χ4v) is 3.84. The third-order valence-corrected chi connectivity index (χ3v) is 5.35. The first-order chi connectivity index (χ1) is 10.5. The van der Waals surface area contributed by atoms with Crippen LogP contribution in [0.3, 0.4) is 0 Å². The largest absolute Gasteiger partial charge is 0.481 e. The van der Waals surface area contributed by atoms with Crippen LogP contribution in [-0.2, 0) is 4.79 Å². The Morgan fingerprint density at radius 2 is 1.83 bits per heavy atom. The van der Waals surface area contributed by atoms with Gasteiger partial charge in [0.25, 0.3) is 5.91 Å². The van der Waals surface area contributed by atoms with Crippen LogP contribution < -0.4 is 10.1 Å². The maximum atomic E-state index is 12.6. The minimum Gasteiger partial charge on any atom is -0.481 e. The molecule has 2 aliphatic heterocycles. The average Bonchev–Trinajstić information content (AvgIpc) is 2.86. The highest BCUT2D eigenvalue weighted by Gasteiger charge is 2.37. The standard InChI is InChI=1S/C17H23BrN2O2.ClH/c1-11(22-16-7-3-12(18)4-8-16)17(21)20(2)15-9-13-5-6-14(10-15)19-13;/h3-4,7-8,11,13-15,19H,5-6,9-10H2,1-2H3;1H. The minimum absolute atomic E-state index is 0. The minimum atomic E-state index is -0.460. The van der Waals surface area contributed by atoms with E-state index in [1.54, 1.807) is 0 Å². The van der Waals surface area contributed by atoms with E-state index < -0.39 is 6.10 Å². The van der Waals surface area contributed by atoms with Crippen molar-refractivity contribution in [2.45, 2.75) is 56.8 Å². The molecule has 0 aromatic heterocycles. The lowest BCUT2D eigenvalue weighted by Gasteiger charge is -2.36. The SMILES string of the molecule is CC(Oc1ccc(Br)cc1)C(=O)N(C)C1CC2CCC(C1)N2.Cl. The molecule has 1 N–H and O–H groups in total. The molecule has 3 unspecified atom stereocenters. The second-order valence-electron chi connectivity index (χ2n) is 6.43. The quantitative estimate of drug-likeness (QED) is 0.838. The maximum absolute atomic E-state index is 12.6. The van der Waals surface area contributed by atoms with E-state index in [1.807, 2.05) is 43.1 Å². The predicted octanol–water partition coefficient (Wildman–Crippen LogP) is 3.38. The van der Waals surface area contributed by atoms with Gasteiger partial charge < -0.3 is 15.0 Å². The molecule has 1 amide bonds. The zero-order valence-electron chi connectivity index (χ0n) is 13.5. The van der Waals surface area contributed by atoms with Crippen LogP contribution in [0, 0.1) is 0 Å². The molecule has 2 aliphatic rings. The summed E-state index contributed by atoms with van der Waals surface area (Å²) in [6.07, 6.45) is 4.15. The van der Waals surface area contributed by atoms with Crippen molar-refractivity contribution < 1.29 is 9.53 Å². The molecule has 2 saturated heterocycles. The van der Waals surface area contributed by atoms with E-state index in [4.69, 9.17) is 4.74 Å². The fourth-order valence-electron chi connectivity index (χ4n) is 3.58. The topological polar surface area (TPSA) is 41.6 Å². The Bertz CT molecular complexity index is 528. The molecular formula is C17H24BrClN2O2. The molecule has 3 rings (SSSR count). The first-order valence-electron chi connectivity index (χ1n) is 7.98. The van der Waals surface area contributed by atoms with Gasteiger partial charge in [-0.05, 0) is 56.9 Å². The Labute approximate surface area is 152 Å². The van der Waals surface area contributed by atoms with Crippen molar-refractivity contribution in [3.8, 4) is 5.75 Å². The molecule has 6 heteroatoms. The van der Waals surface area contributed by atoms with Gasteiger partial charge in [0.15, 0.2) is 6.10 Å². The Hall–Kier alpha value is -0.780. The molecule has 1 aromatic rings. The summed E-state index contributed by atoms with van der Waals surface area (Å²) < 4.78 is 6.79. The Morgan fingerprint density at radius 1 is 1.26 bits per heavy atom. The van der Waals surface area contributed by atoms with Crippen LogP contribution in [0.15, 0.2) is 28.7 Å². The van der Waals surface area contributed by atoms with E-state index in [2.05, 4.69) is 21.2 Å². The Morgan fingerprint density at radius 3 is 2.39 bits per heavy atom. The molecule has 0 saturated carbocycles. The summed E-state index contributed by atoms with van der Waals surface area (Å²) in [6.45, 7) is 1.83. The number of likely N-dealkylation sites (N-methyl/N-ethyl adjacent to an activating group) is 1. The second-order valence-corrected chi connectivity index (χ2v) is 7.34. The van der Waals surface area contributed by atoms with Gasteiger partial charge in [-0.15, -0.1) is 12.4 Å². The van der Waals surface area contributed by atoms with Crippen molar-refractivity contribution in [2.24, 2.45) is 0 Å². The van der Waals surface area contributed by atoms with Gasteiger partial charge in [0.2, 0.25) is 0 Å². The number of halogens is 2. The number of carbonyl (C=O) groups excluding carboxylic acids is 1. The molecular weight excluding hydrogens is 380 g/mol. The van der Waals surface area contributed by atoms with Crippen LogP contribution >= 0.6 is 28.3 Å². The summed E-state index contributed by atoms with van der Waals surface area (Å²) in [6, 6.07) is 9.09. The van der Waals surface area contributed by atoms with Gasteiger partial charge in [0, 0.05) is 29.6 Å². The van der Waals surface area contributed by atoms with Crippen molar-refractivity contribution in [1.82, 2.24) is 10.2 Å². The number of piperidine rings is 1. The van der Waals surface area contributed by atoms with Crippen molar-refractivity contribution >= 4 is 34.2 Å². The van der Waals surface area contributed by atoms with Gasteiger partial charge in [0.05, 0.1) is 0 Å². The third-order valence-electron chi connectivity index (χ3n) is 4.82. The molecule has 0 radical (unpaired) electrons. The van der Waals surface area contributed by atoms with E-state index in [1.165, 1.54) is 12.8 Å². The number of ether oxygens (including phenoxy) is 1. The van der Waals surface area contributed by atoms with Crippen LogP contribution in [0.1, 0.15) is 32.6 Å². The number of rotatable bonds is 4. The molecule has 2 heterocycles. The zero-order valence-corrected chi connectivity index (χ0v) is 15.9. The van der Waals surface area contributed by atoms with Crippen LogP contribution in [-0.4, -0.2) is 42.1 Å². The molecule has 0 aliphatic carbocycles. The van der Waals surface area contributed by atoms with E-state index in [9.17, 15) is 4.79 Å². The molecule has 3 atom stereocenters. The van der Waals surface area contributed by atoms with Crippen molar-refractivity contribution in [1.29, 1.82) is 0 Å². The van der Waals surface area contributed by atoms with Crippen LogP contribution in [0.5, 0.6) is 5.75 Å². The summed E-state index contributed by atoms with van der Waals surface area (Å²) in [5.74, 6) is 0.789. The fraction of sp³-hybridized carbons (Fsp3) is 0.588. The van der Waals surface area contributed by atoms with Gasteiger partial charge >= 0.3 is 0 Å². The summed E-state index contributed by atoms with van der Waals surface area (Å²) in [4.78, 5) is 14.5. The molecule has 128 valence electrons. The van der Waals surface area contributed by atoms with Gasteiger partial charge in [-0.2, -0.15) is 0 Å². The zero-order chi connectivity index (χ0) is 15.7. The van der Waals surface area contributed by atoms with Gasteiger partial charge in [0.1, 0.15) is 5.75 Å². The number of nitrogens with zero attached hydrogens (tertiary/aromatic N) is 1. The Balaban J connectivity index is 0.00000192. The Kier molecular flexibility index (Phi) is 6.34. The maximum Gasteiger partial charge on any atom is 0.263 e. The van der Waals surface area contributed by atoms with Crippen molar-refractivity contribution in [3.63, 3.8) is 0 Å². The van der Waals surface area contributed by atoms with Gasteiger partial charge in [-0.25, -0.2) is 0 Å². The number of fused-ring (bicyclic) bond motifs is 2. The molecule has 2 fully saturated rings. The van der Waals surface area contributed by atoms with E-state index >= 15 is 0 Å². The first-order valence-corrected chi connectivity index (χ1v) is 8.77. The van der Waals surface area contributed by atoms with Crippen molar-refractivity contribution in [3.05, 3.63) is 28.7 Å². The molecule has 2 bridgehead atoms. The van der Waals surface area contributed by atoms with Gasteiger partial charge in [-0.1, -0.05) is 15.9 Å². The van der Waals surface area contributed by atoms with Crippen molar-refractivity contribution in [2.75, 3.05) is 7.05 Å². The summed E-state index contributed by atoms with van der Waals surface area (Å²) in [5, 5.41) is 3.61. The normalized spacial score (nSPS) is 27.0.